The predicted molar refractivity (Wildman–Crippen MR) is 77.3 cm³/mol. The second-order valence-corrected chi connectivity index (χ2v) is 4.80. The first-order valence-electron chi connectivity index (χ1n) is 6.55. The van der Waals surface area contributed by atoms with Crippen molar-refractivity contribution in [3.8, 4) is 0 Å². The molecule has 4 nitrogen and oxygen atoms in total. The topological polar surface area (TPSA) is 62.2 Å². The van der Waals surface area contributed by atoms with Crippen molar-refractivity contribution in [2.45, 2.75) is 26.4 Å². The van der Waals surface area contributed by atoms with E-state index in [1.54, 1.807) is 0 Å². The van der Waals surface area contributed by atoms with Crippen LogP contribution in [-0.4, -0.2) is 16.1 Å². The Bertz CT molecular complexity index is 562. The molecule has 0 aliphatic heterocycles. The van der Waals surface area contributed by atoms with Gasteiger partial charge in [-0.1, -0.05) is 30.3 Å². The van der Waals surface area contributed by atoms with Gasteiger partial charge in [-0.3, -0.25) is 9.78 Å². The van der Waals surface area contributed by atoms with Crippen molar-refractivity contribution in [2.75, 3.05) is 0 Å². The Kier molecular flexibility index (Phi) is 4.85. The third-order valence-electron chi connectivity index (χ3n) is 3.01. The molecule has 2 aromatic rings. The molecule has 0 saturated heterocycles. The molecule has 0 fully saturated rings. The van der Waals surface area contributed by atoms with Crippen molar-refractivity contribution in [3.63, 3.8) is 0 Å². The van der Waals surface area contributed by atoms with Gasteiger partial charge in [0.1, 0.15) is 0 Å². The highest BCUT2D eigenvalue weighted by atomic mass is 16.4. The van der Waals surface area contributed by atoms with E-state index in [0.29, 0.717) is 0 Å². The SMILES string of the molecule is Cc1ccc(CNCc2ccc(CC(=O)O)cc2)cn1. The molecule has 0 atom stereocenters. The van der Waals surface area contributed by atoms with Gasteiger partial charge in [-0.15, -0.1) is 0 Å². The number of carboxylic acid groups (broad SMARTS) is 1. The predicted octanol–water partition coefficient (Wildman–Crippen LogP) is 2.31. The van der Waals surface area contributed by atoms with Crippen molar-refractivity contribution < 1.29 is 9.90 Å². The summed E-state index contributed by atoms with van der Waals surface area (Å²) in [6, 6.07) is 11.7. The van der Waals surface area contributed by atoms with Gasteiger partial charge in [0.25, 0.3) is 0 Å². The summed E-state index contributed by atoms with van der Waals surface area (Å²) in [6.07, 6.45) is 1.95. The Labute approximate surface area is 118 Å². The standard InChI is InChI=1S/C16H18N2O2/c1-12-2-3-15(11-18-12)10-17-9-14-6-4-13(5-7-14)8-16(19)20/h2-7,11,17H,8-10H2,1H3,(H,19,20). The number of hydrogen-bond acceptors (Lipinski definition) is 3. The third kappa shape index (κ3) is 4.48. The van der Waals surface area contributed by atoms with Crippen LogP contribution in [0.2, 0.25) is 0 Å². The van der Waals surface area contributed by atoms with Crippen LogP contribution in [0.25, 0.3) is 0 Å². The van der Waals surface area contributed by atoms with Crippen LogP contribution < -0.4 is 5.32 Å². The van der Waals surface area contributed by atoms with Crippen molar-refractivity contribution in [1.82, 2.24) is 10.3 Å². The third-order valence-corrected chi connectivity index (χ3v) is 3.01. The second-order valence-electron chi connectivity index (χ2n) is 4.80. The Morgan fingerprint density at radius 3 is 2.25 bits per heavy atom. The average Bonchev–Trinajstić information content (AvgIpc) is 2.42. The van der Waals surface area contributed by atoms with Gasteiger partial charge in [0.05, 0.1) is 6.42 Å². The van der Waals surface area contributed by atoms with Gasteiger partial charge in [-0.05, 0) is 29.7 Å². The lowest BCUT2D eigenvalue weighted by Gasteiger charge is -2.06. The zero-order valence-electron chi connectivity index (χ0n) is 11.5. The zero-order valence-corrected chi connectivity index (χ0v) is 11.5. The number of aromatic nitrogens is 1. The zero-order chi connectivity index (χ0) is 14.4. The summed E-state index contributed by atoms with van der Waals surface area (Å²) >= 11 is 0. The van der Waals surface area contributed by atoms with E-state index >= 15 is 0 Å². The first kappa shape index (κ1) is 14.2. The Morgan fingerprint density at radius 1 is 1.05 bits per heavy atom. The lowest BCUT2D eigenvalue weighted by Crippen LogP contribution is -2.13. The van der Waals surface area contributed by atoms with Gasteiger partial charge in [0.2, 0.25) is 0 Å². The van der Waals surface area contributed by atoms with E-state index in [1.165, 1.54) is 0 Å². The largest absolute Gasteiger partial charge is 0.481 e. The number of carbonyl (C=O) groups is 1. The van der Waals surface area contributed by atoms with Crippen molar-refractivity contribution in [2.24, 2.45) is 0 Å². The number of aryl methyl sites for hydroxylation is 1. The molecular weight excluding hydrogens is 252 g/mol. The van der Waals surface area contributed by atoms with E-state index in [2.05, 4.69) is 16.4 Å². The molecule has 0 bridgehead atoms. The number of carboxylic acids is 1. The monoisotopic (exact) mass is 270 g/mol. The highest BCUT2D eigenvalue weighted by Crippen LogP contribution is 2.06. The number of hydrogen-bond donors (Lipinski definition) is 2. The minimum Gasteiger partial charge on any atom is -0.481 e. The molecule has 4 heteroatoms. The van der Waals surface area contributed by atoms with Crippen molar-refractivity contribution in [1.29, 1.82) is 0 Å². The first-order valence-corrected chi connectivity index (χ1v) is 6.55. The molecule has 2 rings (SSSR count). The van der Waals surface area contributed by atoms with Crippen LogP contribution in [0.1, 0.15) is 22.4 Å². The molecule has 1 heterocycles. The van der Waals surface area contributed by atoms with Crippen LogP contribution in [0.15, 0.2) is 42.6 Å². The Balaban J connectivity index is 1.82. The number of benzene rings is 1. The summed E-state index contributed by atoms with van der Waals surface area (Å²) in [4.78, 5) is 14.8. The smallest absolute Gasteiger partial charge is 0.307 e. The molecule has 2 N–H and O–H groups in total. The summed E-state index contributed by atoms with van der Waals surface area (Å²) < 4.78 is 0. The van der Waals surface area contributed by atoms with Crippen LogP contribution in [0.3, 0.4) is 0 Å². The van der Waals surface area contributed by atoms with Gasteiger partial charge < -0.3 is 10.4 Å². The van der Waals surface area contributed by atoms with Crippen LogP contribution in [0.4, 0.5) is 0 Å². The molecule has 0 aliphatic rings. The molecule has 104 valence electrons. The number of nitrogens with one attached hydrogen (secondary N) is 1. The molecule has 0 radical (unpaired) electrons. The number of rotatable bonds is 6. The molecule has 1 aromatic heterocycles. The molecule has 20 heavy (non-hydrogen) atoms. The summed E-state index contributed by atoms with van der Waals surface area (Å²) in [7, 11) is 0. The maximum atomic E-state index is 10.6. The van der Waals surface area contributed by atoms with Gasteiger partial charge in [-0.2, -0.15) is 0 Å². The van der Waals surface area contributed by atoms with E-state index in [9.17, 15) is 4.79 Å². The maximum absolute atomic E-state index is 10.6. The summed E-state index contributed by atoms with van der Waals surface area (Å²) in [5.41, 5.74) is 4.13. The van der Waals surface area contributed by atoms with Crippen molar-refractivity contribution in [3.05, 3.63) is 65.0 Å². The fraction of sp³-hybridized carbons (Fsp3) is 0.250. The van der Waals surface area contributed by atoms with E-state index in [0.717, 1.165) is 35.5 Å². The fourth-order valence-electron chi connectivity index (χ4n) is 1.90. The average molecular weight is 270 g/mol. The molecule has 0 saturated carbocycles. The minimum absolute atomic E-state index is 0.0722. The van der Waals surface area contributed by atoms with Crippen molar-refractivity contribution >= 4 is 5.97 Å². The molecule has 0 spiro atoms. The summed E-state index contributed by atoms with van der Waals surface area (Å²) in [6.45, 7) is 3.49. The van der Waals surface area contributed by atoms with E-state index < -0.39 is 5.97 Å². The van der Waals surface area contributed by atoms with Crippen LogP contribution in [0.5, 0.6) is 0 Å². The van der Waals surface area contributed by atoms with Crippen LogP contribution in [-0.2, 0) is 24.3 Å². The Hall–Kier alpha value is -2.20. The maximum Gasteiger partial charge on any atom is 0.307 e. The minimum atomic E-state index is -0.803. The number of aliphatic carboxylic acids is 1. The molecule has 0 aliphatic carbocycles. The fourth-order valence-corrected chi connectivity index (χ4v) is 1.90. The van der Waals surface area contributed by atoms with E-state index in [1.807, 2.05) is 43.5 Å². The highest BCUT2D eigenvalue weighted by molar-refractivity contribution is 5.70. The van der Waals surface area contributed by atoms with E-state index in [4.69, 9.17) is 5.11 Å². The van der Waals surface area contributed by atoms with Gasteiger partial charge >= 0.3 is 5.97 Å². The molecular formula is C16H18N2O2. The van der Waals surface area contributed by atoms with Gasteiger partial charge in [0, 0.05) is 25.0 Å². The highest BCUT2D eigenvalue weighted by Gasteiger charge is 2.00. The molecule has 0 unspecified atom stereocenters. The lowest BCUT2D eigenvalue weighted by molar-refractivity contribution is -0.136. The molecule has 1 aromatic carbocycles. The molecule has 0 amide bonds. The normalized spacial score (nSPS) is 10.4. The first-order chi connectivity index (χ1) is 9.63. The van der Waals surface area contributed by atoms with Crippen LogP contribution in [0, 0.1) is 6.92 Å². The van der Waals surface area contributed by atoms with Gasteiger partial charge in [-0.25, -0.2) is 0 Å². The lowest BCUT2D eigenvalue weighted by atomic mass is 10.1. The van der Waals surface area contributed by atoms with Crippen LogP contribution >= 0.6 is 0 Å². The van der Waals surface area contributed by atoms with Gasteiger partial charge in [0.15, 0.2) is 0 Å². The summed E-state index contributed by atoms with van der Waals surface area (Å²) in [5, 5.41) is 12.0. The Morgan fingerprint density at radius 2 is 1.65 bits per heavy atom. The second kappa shape index (κ2) is 6.82. The number of pyridine rings is 1. The quantitative estimate of drug-likeness (QED) is 0.845. The summed E-state index contributed by atoms with van der Waals surface area (Å²) in [5.74, 6) is -0.803. The number of nitrogens with zero attached hydrogens (tertiary/aromatic N) is 1. The van der Waals surface area contributed by atoms with E-state index in [-0.39, 0.29) is 6.42 Å².